The molecular formula is C5H5N11NaO2+. The summed E-state index contributed by atoms with van der Waals surface area (Å²) in [4.78, 5) is 14.4. The van der Waals surface area contributed by atoms with Crippen LogP contribution in [0.2, 0.25) is 0 Å². The fourth-order valence-corrected chi connectivity index (χ4v) is 0.784. The third kappa shape index (κ3) is 4.57. The van der Waals surface area contributed by atoms with E-state index in [-0.39, 0.29) is 41.5 Å². The summed E-state index contributed by atoms with van der Waals surface area (Å²) in [7, 11) is 0. The zero-order chi connectivity index (χ0) is 12.8. The van der Waals surface area contributed by atoms with Gasteiger partial charge in [0.15, 0.2) is 0 Å². The summed E-state index contributed by atoms with van der Waals surface area (Å²) in [6, 6.07) is 0. The largest absolute Gasteiger partial charge is 1.00 e. The van der Waals surface area contributed by atoms with Crippen LogP contribution in [0.5, 0.6) is 0 Å². The summed E-state index contributed by atoms with van der Waals surface area (Å²) in [5.41, 5.74) is 0. The number of tetrazole rings is 1. The smallest absolute Gasteiger partial charge is 0.478 e. The molecule has 0 amide bonds. The molecule has 0 saturated heterocycles. The van der Waals surface area contributed by atoms with Gasteiger partial charge in [-0.3, -0.25) is 0 Å². The van der Waals surface area contributed by atoms with Gasteiger partial charge < -0.3 is 5.11 Å². The predicted octanol–water partition coefficient (Wildman–Crippen LogP) is -3.40. The van der Waals surface area contributed by atoms with E-state index >= 15 is 0 Å². The molecular weight excluding hydrogens is 269 g/mol. The van der Waals surface area contributed by atoms with Gasteiger partial charge in [0, 0.05) is 0 Å². The number of carboxylic acid groups (broad SMARTS) is 1. The minimum atomic E-state index is -1.53. The first-order chi connectivity index (χ1) is 8.75. The van der Waals surface area contributed by atoms with Crippen molar-refractivity contribution in [2.45, 2.75) is 6.17 Å². The second-order valence-corrected chi connectivity index (χ2v) is 2.66. The summed E-state index contributed by atoms with van der Waals surface area (Å²) in [5.74, 6) is -1.40. The standard InChI is InChI=1S/C5H5N11O2.Na/c17-3(18)2(8-11-4-6-1-7-10-4)9-12-5-13-15-16-14-5;/h1-2H,(H,17,18)(H,6,7,10)(H,13,14,15,16);/q;+1/b11-8-,12-9-;. The number of nitrogens with zero attached hydrogens (tertiary/aromatic N) is 9. The van der Waals surface area contributed by atoms with Crippen molar-refractivity contribution in [2.24, 2.45) is 20.5 Å². The molecule has 0 aliphatic carbocycles. The Morgan fingerprint density at radius 3 is 2.74 bits per heavy atom. The number of hydrogen-bond acceptors (Lipinski definition) is 10. The van der Waals surface area contributed by atoms with Gasteiger partial charge in [0.1, 0.15) is 6.33 Å². The van der Waals surface area contributed by atoms with E-state index in [2.05, 4.69) is 56.3 Å². The summed E-state index contributed by atoms with van der Waals surface area (Å²) in [6.45, 7) is 0. The molecule has 14 heteroatoms. The fraction of sp³-hybridized carbons (Fsp3) is 0.200. The Hall–Kier alpha value is -2.12. The molecule has 0 bridgehead atoms. The molecule has 3 N–H and O–H groups in total. The number of aliphatic carboxylic acids is 1. The average molecular weight is 274 g/mol. The Labute approximate surface area is 126 Å². The third-order valence-corrected chi connectivity index (χ3v) is 1.48. The van der Waals surface area contributed by atoms with Crippen molar-refractivity contribution in [1.82, 2.24) is 35.8 Å². The van der Waals surface area contributed by atoms with Crippen LogP contribution < -0.4 is 29.6 Å². The molecule has 2 rings (SSSR count). The molecule has 0 radical (unpaired) electrons. The molecule has 0 aliphatic heterocycles. The van der Waals surface area contributed by atoms with Crippen LogP contribution in [-0.2, 0) is 4.79 Å². The first-order valence-corrected chi connectivity index (χ1v) is 4.39. The number of H-pyrrole nitrogens is 2. The third-order valence-electron chi connectivity index (χ3n) is 1.48. The number of aromatic amines is 2. The van der Waals surface area contributed by atoms with Crippen molar-refractivity contribution in [3.63, 3.8) is 0 Å². The summed E-state index contributed by atoms with van der Waals surface area (Å²) >= 11 is 0. The van der Waals surface area contributed by atoms with Gasteiger partial charge in [-0.2, -0.15) is 15.3 Å². The van der Waals surface area contributed by atoms with Crippen LogP contribution >= 0.6 is 0 Å². The van der Waals surface area contributed by atoms with Crippen molar-refractivity contribution in [2.75, 3.05) is 0 Å². The van der Waals surface area contributed by atoms with Crippen molar-refractivity contribution in [3.8, 4) is 0 Å². The Morgan fingerprint density at radius 1 is 1.37 bits per heavy atom. The SMILES string of the molecule is O=C(O)C(/N=N\c1nn[nH]n1)/N=N\c1ncn[nH]1.[Na+]. The van der Waals surface area contributed by atoms with E-state index in [4.69, 9.17) is 5.11 Å². The molecule has 2 heterocycles. The molecule has 19 heavy (non-hydrogen) atoms. The number of aromatic nitrogens is 7. The van der Waals surface area contributed by atoms with Gasteiger partial charge in [-0.15, -0.1) is 25.6 Å². The van der Waals surface area contributed by atoms with Gasteiger partial charge in [-0.05, 0) is 5.21 Å². The number of hydrogen-bond donors (Lipinski definition) is 3. The normalized spacial score (nSPS) is 12.6. The molecule has 0 fully saturated rings. The molecule has 0 saturated carbocycles. The number of carboxylic acids is 1. The number of azo groups is 2. The number of carbonyl (C=O) groups is 1. The van der Waals surface area contributed by atoms with Crippen LogP contribution in [0.15, 0.2) is 26.8 Å². The van der Waals surface area contributed by atoms with E-state index in [1.54, 1.807) is 0 Å². The van der Waals surface area contributed by atoms with E-state index in [1.165, 1.54) is 6.33 Å². The molecule has 92 valence electrons. The van der Waals surface area contributed by atoms with E-state index in [1.807, 2.05) is 0 Å². The molecule has 0 aromatic carbocycles. The van der Waals surface area contributed by atoms with E-state index in [0.717, 1.165) is 0 Å². The Kier molecular flexibility index (Phi) is 5.77. The zero-order valence-corrected chi connectivity index (χ0v) is 11.5. The Bertz CT molecular complexity index is 503. The maximum Gasteiger partial charge on any atom is 1.00 e. The molecule has 2 aromatic heterocycles. The maximum atomic E-state index is 10.8. The maximum absolute atomic E-state index is 10.8. The monoisotopic (exact) mass is 274 g/mol. The summed E-state index contributed by atoms with van der Waals surface area (Å²) in [6.07, 6.45) is -0.334. The molecule has 1 unspecified atom stereocenters. The molecule has 0 spiro atoms. The van der Waals surface area contributed by atoms with E-state index in [0.29, 0.717) is 0 Å². The minimum Gasteiger partial charge on any atom is -0.478 e. The van der Waals surface area contributed by atoms with Gasteiger partial charge in [0.2, 0.25) is 0 Å². The minimum absolute atomic E-state index is 0. The van der Waals surface area contributed by atoms with Crippen LogP contribution in [0.4, 0.5) is 11.9 Å². The molecule has 1 atom stereocenters. The first-order valence-electron chi connectivity index (χ1n) is 4.39. The van der Waals surface area contributed by atoms with Crippen LogP contribution in [0.3, 0.4) is 0 Å². The summed E-state index contributed by atoms with van der Waals surface area (Å²) < 4.78 is 0. The van der Waals surface area contributed by atoms with E-state index < -0.39 is 12.1 Å². The average Bonchev–Trinajstić information content (AvgIpc) is 3.00. The number of rotatable bonds is 5. The first kappa shape index (κ1) is 14.9. The van der Waals surface area contributed by atoms with Gasteiger partial charge in [0.25, 0.3) is 12.1 Å². The Balaban J connectivity index is 0.00000180. The molecule has 0 aliphatic rings. The zero-order valence-electron chi connectivity index (χ0n) is 9.54. The Morgan fingerprint density at radius 2 is 2.16 bits per heavy atom. The van der Waals surface area contributed by atoms with Crippen LogP contribution in [0.25, 0.3) is 0 Å². The van der Waals surface area contributed by atoms with Crippen LogP contribution in [0.1, 0.15) is 0 Å². The van der Waals surface area contributed by atoms with Gasteiger partial charge in [0.05, 0.1) is 0 Å². The van der Waals surface area contributed by atoms with Crippen molar-refractivity contribution < 1.29 is 39.5 Å². The fourth-order valence-electron chi connectivity index (χ4n) is 0.784. The van der Waals surface area contributed by atoms with Crippen molar-refractivity contribution in [3.05, 3.63) is 6.33 Å². The van der Waals surface area contributed by atoms with Gasteiger partial charge in [-0.25, -0.2) is 9.89 Å². The quantitative estimate of drug-likeness (QED) is 0.374. The second kappa shape index (κ2) is 7.34. The van der Waals surface area contributed by atoms with E-state index in [9.17, 15) is 4.79 Å². The van der Waals surface area contributed by atoms with Crippen molar-refractivity contribution in [1.29, 1.82) is 0 Å². The topological polar surface area (TPSA) is 183 Å². The van der Waals surface area contributed by atoms with Crippen molar-refractivity contribution >= 4 is 17.9 Å². The molecule has 13 nitrogen and oxygen atoms in total. The van der Waals surface area contributed by atoms with Crippen LogP contribution in [-0.4, -0.2) is 53.0 Å². The number of nitrogens with one attached hydrogen (secondary N) is 2. The van der Waals surface area contributed by atoms with Gasteiger partial charge in [-0.1, -0.05) is 5.10 Å². The van der Waals surface area contributed by atoms with Crippen LogP contribution in [0, 0.1) is 0 Å². The second-order valence-electron chi connectivity index (χ2n) is 2.66. The predicted molar refractivity (Wildman–Crippen MR) is 51.0 cm³/mol. The molecule has 2 aromatic rings. The summed E-state index contributed by atoms with van der Waals surface area (Å²) in [5, 5.41) is 40.6. The van der Waals surface area contributed by atoms with Gasteiger partial charge >= 0.3 is 41.5 Å².